The zero-order valence-electron chi connectivity index (χ0n) is 18.1. The first kappa shape index (κ1) is 21.3. The van der Waals surface area contributed by atoms with Crippen molar-refractivity contribution in [2.45, 2.75) is 25.9 Å². The van der Waals surface area contributed by atoms with Crippen molar-refractivity contribution >= 4 is 28.2 Å². The van der Waals surface area contributed by atoms with Crippen LogP contribution in [0.1, 0.15) is 29.3 Å². The topological polar surface area (TPSA) is 124 Å². The van der Waals surface area contributed by atoms with Crippen molar-refractivity contribution in [3.63, 3.8) is 0 Å². The average molecular weight is 457 g/mol. The van der Waals surface area contributed by atoms with Crippen LogP contribution in [0.4, 0.5) is 5.69 Å². The number of amides is 1. The van der Waals surface area contributed by atoms with Gasteiger partial charge in [-0.3, -0.25) is 24.3 Å². The zero-order valence-corrected chi connectivity index (χ0v) is 18.1. The van der Waals surface area contributed by atoms with E-state index >= 15 is 0 Å². The van der Waals surface area contributed by atoms with Crippen LogP contribution in [-0.2, 0) is 11.3 Å². The summed E-state index contributed by atoms with van der Waals surface area (Å²) in [5, 5.41) is 17.1. The number of aromatic nitrogens is 2. The molecule has 5 rings (SSSR count). The fraction of sp³-hybridized carbons (Fsp3) is 0.167. The van der Waals surface area contributed by atoms with Crippen molar-refractivity contribution in [2.75, 3.05) is 0 Å². The Bertz CT molecular complexity index is 1490. The van der Waals surface area contributed by atoms with Crippen molar-refractivity contribution in [1.82, 2.24) is 14.6 Å². The maximum absolute atomic E-state index is 13.3. The number of hydrogen-bond acceptors (Lipinski definition) is 7. The maximum Gasteiger partial charge on any atom is 0.270 e. The van der Waals surface area contributed by atoms with Crippen LogP contribution >= 0.6 is 0 Å². The molecule has 2 aromatic carbocycles. The summed E-state index contributed by atoms with van der Waals surface area (Å²) >= 11 is 0. The van der Waals surface area contributed by atoms with Gasteiger partial charge in [0, 0.05) is 18.6 Å². The van der Waals surface area contributed by atoms with Crippen LogP contribution in [0.15, 0.2) is 81.5 Å². The van der Waals surface area contributed by atoms with E-state index in [-0.39, 0.29) is 17.6 Å². The highest BCUT2D eigenvalue weighted by Gasteiger charge is 2.35. The van der Waals surface area contributed by atoms with Gasteiger partial charge in [0.25, 0.3) is 17.2 Å². The van der Waals surface area contributed by atoms with Crippen LogP contribution in [0.2, 0.25) is 0 Å². The van der Waals surface area contributed by atoms with Gasteiger partial charge in [0.15, 0.2) is 0 Å². The van der Waals surface area contributed by atoms with Gasteiger partial charge in [-0.15, -0.1) is 0 Å². The number of hydrazone groups is 1. The summed E-state index contributed by atoms with van der Waals surface area (Å²) in [6.07, 6.45) is 3.25. The Labute approximate surface area is 192 Å². The maximum atomic E-state index is 13.3. The highest BCUT2D eigenvalue weighted by atomic mass is 16.6. The first-order valence-corrected chi connectivity index (χ1v) is 10.5. The molecule has 2 aromatic heterocycles. The fourth-order valence-corrected chi connectivity index (χ4v) is 3.95. The minimum atomic E-state index is -0.582. The van der Waals surface area contributed by atoms with Gasteiger partial charge in [-0.1, -0.05) is 29.8 Å². The van der Waals surface area contributed by atoms with Gasteiger partial charge in [-0.25, -0.2) is 9.99 Å². The summed E-state index contributed by atoms with van der Waals surface area (Å²) < 4.78 is 6.69. The van der Waals surface area contributed by atoms with E-state index in [0.717, 1.165) is 21.4 Å². The lowest BCUT2D eigenvalue weighted by atomic mass is 10.0. The van der Waals surface area contributed by atoms with E-state index in [2.05, 4.69) is 10.1 Å². The van der Waals surface area contributed by atoms with Gasteiger partial charge in [-0.05, 0) is 30.7 Å². The molecule has 1 atom stereocenters. The van der Waals surface area contributed by atoms with Gasteiger partial charge in [0.1, 0.15) is 18.3 Å². The second-order valence-electron chi connectivity index (χ2n) is 8.02. The van der Waals surface area contributed by atoms with E-state index in [1.807, 2.05) is 31.2 Å². The first-order chi connectivity index (χ1) is 16.4. The number of carbonyl (C=O) groups excluding carboxylic acids is 1. The third-order valence-corrected chi connectivity index (χ3v) is 5.75. The molecule has 34 heavy (non-hydrogen) atoms. The largest absolute Gasteiger partial charge is 0.467 e. The molecule has 1 unspecified atom stereocenters. The highest BCUT2D eigenvalue weighted by Crippen LogP contribution is 2.33. The standard InChI is InChI=1S/C24H19N5O5/c1-15-4-6-16(7-5-15)20-12-21(22-3-2-10-34-22)28(26-20)23(30)13-27-14-25-19-9-8-17(29(32)33)11-18(19)24(27)31/h2-11,14,21H,12-13H2,1H3. The van der Waals surface area contributed by atoms with Crippen molar-refractivity contribution in [3.05, 3.63) is 105 Å². The molecule has 0 saturated carbocycles. The molecule has 3 heterocycles. The number of carbonyl (C=O) groups is 1. The lowest BCUT2D eigenvalue weighted by Gasteiger charge is -2.20. The summed E-state index contributed by atoms with van der Waals surface area (Å²) in [7, 11) is 0. The second kappa shape index (κ2) is 8.39. The second-order valence-corrected chi connectivity index (χ2v) is 8.02. The van der Waals surface area contributed by atoms with Crippen molar-refractivity contribution < 1.29 is 14.1 Å². The van der Waals surface area contributed by atoms with Gasteiger partial charge < -0.3 is 4.42 Å². The Balaban J connectivity index is 1.48. The minimum Gasteiger partial charge on any atom is -0.467 e. The molecule has 10 nitrogen and oxygen atoms in total. The quantitative estimate of drug-likeness (QED) is 0.333. The fourth-order valence-electron chi connectivity index (χ4n) is 3.95. The smallest absolute Gasteiger partial charge is 0.270 e. The predicted molar refractivity (Wildman–Crippen MR) is 123 cm³/mol. The third kappa shape index (κ3) is 3.85. The van der Waals surface area contributed by atoms with Crippen LogP contribution < -0.4 is 5.56 Å². The number of nitrogens with zero attached hydrogens (tertiary/aromatic N) is 5. The predicted octanol–water partition coefficient (Wildman–Crippen LogP) is 3.58. The molecule has 1 aliphatic rings. The number of rotatable bonds is 5. The van der Waals surface area contributed by atoms with Crippen LogP contribution in [0.25, 0.3) is 10.9 Å². The molecule has 0 radical (unpaired) electrons. The average Bonchev–Trinajstić information content (AvgIpc) is 3.51. The molecule has 0 saturated heterocycles. The Kier molecular flexibility index (Phi) is 5.25. The Morgan fingerprint density at radius 2 is 2.00 bits per heavy atom. The van der Waals surface area contributed by atoms with Crippen molar-refractivity contribution in [2.24, 2.45) is 5.10 Å². The van der Waals surface area contributed by atoms with E-state index in [1.165, 1.54) is 35.8 Å². The number of furan rings is 1. The van der Waals surface area contributed by atoms with E-state index in [0.29, 0.717) is 17.7 Å². The number of non-ortho nitro benzene ring substituents is 1. The van der Waals surface area contributed by atoms with Gasteiger partial charge in [0.05, 0.1) is 34.1 Å². The third-order valence-electron chi connectivity index (χ3n) is 5.75. The van der Waals surface area contributed by atoms with E-state index < -0.39 is 22.4 Å². The lowest BCUT2D eigenvalue weighted by molar-refractivity contribution is -0.384. The normalized spacial score (nSPS) is 15.5. The number of benzene rings is 2. The van der Waals surface area contributed by atoms with Gasteiger partial charge >= 0.3 is 0 Å². The summed E-state index contributed by atoms with van der Waals surface area (Å²) in [5.41, 5.74) is 2.29. The molecule has 4 aromatic rings. The molecule has 0 bridgehead atoms. The van der Waals surface area contributed by atoms with Crippen LogP contribution in [0.3, 0.4) is 0 Å². The van der Waals surface area contributed by atoms with Gasteiger partial charge in [-0.2, -0.15) is 5.10 Å². The molecule has 1 aliphatic heterocycles. The van der Waals surface area contributed by atoms with E-state index in [9.17, 15) is 19.7 Å². The Morgan fingerprint density at radius 1 is 1.21 bits per heavy atom. The van der Waals surface area contributed by atoms with E-state index in [1.54, 1.807) is 12.1 Å². The summed E-state index contributed by atoms with van der Waals surface area (Å²) in [4.78, 5) is 40.9. The molecular weight excluding hydrogens is 438 g/mol. The number of hydrogen-bond donors (Lipinski definition) is 0. The lowest BCUT2D eigenvalue weighted by Crippen LogP contribution is -2.34. The van der Waals surface area contributed by atoms with E-state index in [4.69, 9.17) is 4.42 Å². The monoisotopic (exact) mass is 457 g/mol. The molecular formula is C24H19N5O5. The summed E-state index contributed by atoms with van der Waals surface area (Å²) in [6.45, 7) is 1.66. The molecule has 0 aliphatic carbocycles. The first-order valence-electron chi connectivity index (χ1n) is 10.5. The number of fused-ring (bicyclic) bond motifs is 1. The highest BCUT2D eigenvalue weighted by molar-refractivity contribution is 6.03. The molecule has 0 fully saturated rings. The molecule has 170 valence electrons. The number of nitro benzene ring substituents is 1. The Morgan fingerprint density at radius 3 is 2.71 bits per heavy atom. The minimum absolute atomic E-state index is 0.0670. The molecule has 10 heteroatoms. The zero-order chi connectivity index (χ0) is 23.8. The van der Waals surface area contributed by atoms with Gasteiger partial charge in [0.2, 0.25) is 0 Å². The van der Waals surface area contributed by atoms with Crippen LogP contribution in [0, 0.1) is 17.0 Å². The molecule has 0 spiro atoms. The molecule has 1 amide bonds. The molecule has 0 N–H and O–H groups in total. The van der Waals surface area contributed by atoms with Crippen LogP contribution in [-0.4, -0.2) is 31.1 Å². The Hall–Kier alpha value is -4.60. The summed E-state index contributed by atoms with van der Waals surface area (Å²) in [6, 6.07) is 14.8. The van der Waals surface area contributed by atoms with Crippen molar-refractivity contribution in [3.8, 4) is 0 Å². The number of nitro groups is 1. The van der Waals surface area contributed by atoms with Crippen molar-refractivity contribution in [1.29, 1.82) is 0 Å². The summed E-state index contributed by atoms with van der Waals surface area (Å²) in [5.74, 6) is 0.149. The SMILES string of the molecule is Cc1ccc(C2=NN(C(=O)Cn3cnc4ccc([N+](=O)[O-])cc4c3=O)C(c3ccco3)C2)cc1. The number of aryl methyl sites for hydroxylation is 1. The van der Waals surface area contributed by atoms with Crippen LogP contribution in [0.5, 0.6) is 0 Å².